The number of anilines is 1. The first-order chi connectivity index (χ1) is 8.72. The maximum Gasteiger partial charge on any atom is 0.0731 e. The number of hydrogen-bond donors (Lipinski definition) is 1. The zero-order chi connectivity index (χ0) is 12.5. The van der Waals surface area contributed by atoms with Gasteiger partial charge in [0.15, 0.2) is 0 Å². The second-order valence-electron chi connectivity index (χ2n) is 4.46. The number of hydrogen-bond acceptors (Lipinski definition) is 3. The number of aryl methyl sites for hydroxylation is 1. The van der Waals surface area contributed by atoms with E-state index in [4.69, 9.17) is 0 Å². The van der Waals surface area contributed by atoms with Gasteiger partial charge in [-0.3, -0.25) is 4.68 Å². The van der Waals surface area contributed by atoms with Gasteiger partial charge in [-0.25, -0.2) is 0 Å². The third-order valence-electron chi connectivity index (χ3n) is 2.96. The number of thiophene rings is 1. The molecular formula is C14H15N3S. The normalized spacial score (nSPS) is 12.8. The lowest BCUT2D eigenvalue weighted by Crippen LogP contribution is -2.03. The van der Waals surface area contributed by atoms with E-state index in [1.54, 1.807) is 4.68 Å². The first-order valence-electron chi connectivity index (χ1n) is 5.96. The average Bonchev–Trinajstić information content (AvgIpc) is 2.95. The number of nitrogens with one attached hydrogen (secondary N) is 1. The fourth-order valence-electron chi connectivity index (χ4n) is 2.03. The molecule has 0 fully saturated rings. The zero-order valence-electron chi connectivity index (χ0n) is 10.4. The number of fused-ring (bicyclic) bond motifs is 1. The number of aromatic nitrogens is 2. The molecule has 2 aromatic heterocycles. The molecule has 3 aromatic rings. The molecule has 1 atom stereocenters. The minimum atomic E-state index is 0.298. The van der Waals surface area contributed by atoms with Gasteiger partial charge < -0.3 is 5.32 Å². The van der Waals surface area contributed by atoms with Gasteiger partial charge in [0.1, 0.15) is 0 Å². The van der Waals surface area contributed by atoms with Crippen molar-refractivity contribution in [2.75, 3.05) is 5.32 Å². The highest BCUT2D eigenvalue weighted by Crippen LogP contribution is 2.31. The lowest BCUT2D eigenvalue weighted by atomic mass is 10.2. The molecule has 1 aromatic carbocycles. The Bertz CT molecular complexity index is 635. The quantitative estimate of drug-likeness (QED) is 0.773. The number of nitrogens with zero attached hydrogens (tertiary/aromatic N) is 2. The molecule has 0 spiro atoms. The Morgan fingerprint density at radius 1 is 1.33 bits per heavy atom. The zero-order valence-corrected chi connectivity index (χ0v) is 11.2. The molecule has 1 unspecified atom stereocenters. The Morgan fingerprint density at radius 3 is 2.89 bits per heavy atom. The molecule has 92 valence electrons. The van der Waals surface area contributed by atoms with Gasteiger partial charge in [-0.05, 0) is 24.4 Å². The lowest BCUT2D eigenvalue weighted by Gasteiger charge is -2.10. The van der Waals surface area contributed by atoms with Crippen LogP contribution < -0.4 is 5.32 Å². The molecule has 0 amide bonds. The molecule has 0 aliphatic carbocycles. The van der Waals surface area contributed by atoms with E-state index in [1.807, 2.05) is 30.8 Å². The van der Waals surface area contributed by atoms with Crippen molar-refractivity contribution < 1.29 is 0 Å². The van der Waals surface area contributed by atoms with E-state index in [2.05, 4.69) is 47.7 Å². The van der Waals surface area contributed by atoms with Gasteiger partial charge in [0.25, 0.3) is 0 Å². The first-order valence-corrected chi connectivity index (χ1v) is 6.78. The van der Waals surface area contributed by atoms with Crippen LogP contribution in [0.25, 0.3) is 10.1 Å². The van der Waals surface area contributed by atoms with Crippen LogP contribution in [0.5, 0.6) is 0 Å². The van der Waals surface area contributed by atoms with Gasteiger partial charge in [0, 0.05) is 22.8 Å². The van der Waals surface area contributed by atoms with Crippen molar-refractivity contribution in [3.05, 3.63) is 47.6 Å². The standard InChI is InChI=1S/C14H15N3S/c1-10(16-12-8-15-17(2)9-12)14-7-11-5-3-4-6-13(11)18-14/h3-10,16H,1-2H3. The fourth-order valence-corrected chi connectivity index (χ4v) is 3.10. The van der Waals surface area contributed by atoms with Crippen LogP contribution in [-0.4, -0.2) is 9.78 Å². The summed E-state index contributed by atoms with van der Waals surface area (Å²) in [6.45, 7) is 2.18. The second kappa shape index (κ2) is 4.46. The van der Waals surface area contributed by atoms with E-state index in [9.17, 15) is 0 Å². The van der Waals surface area contributed by atoms with Crippen LogP contribution in [0.3, 0.4) is 0 Å². The van der Waals surface area contributed by atoms with Crippen LogP contribution >= 0.6 is 11.3 Å². The van der Waals surface area contributed by atoms with Crippen molar-refractivity contribution in [2.45, 2.75) is 13.0 Å². The molecule has 0 aliphatic heterocycles. The van der Waals surface area contributed by atoms with Crippen LogP contribution in [0, 0.1) is 0 Å². The van der Waals surface area contributed by atoms with Crippen LogP contribution in [0.15, 0.2) is 42.7 Å². The summed E-state index contributed by atoms with van der Waals surface area (Å²) < 4.78 is 3.15. The van der Waals surface area contributed by atoms with Crippen molar-refractivity contribution in [3.63, 3.8) is 0 Å². The van der Waals surface area contributed by atoms with E-state index in [0.29, 0.717) is 6.04 Å². The van der Waals surface area contributed by atoms with Crippen molar-refractivity contribution in [1.29, 1.82) is 0 Å². The predicted octanol–water partition coefficient (Wildman–Crippen LogP) is 3.81. The molecule has 0 saturated heterocycles. The summed E-state index contributed by atoms with van der Waals surface area (Å²) >= 11 is 1.84. The lowest BCUT2D eigenvalue weighted by molar-refractivity contribution is 0.767. The molecule has 0 aliphatic rings. The van der Waals surface area contributed by atoms with Crippen LogP contribution in [0.1, 0.15) is 17.8 Å². The minimum Gasteiger partial charge on any atom is -0.375 e. The highest BCUT2D eigenvalue weighted by molar-refractivity contribution is 7.19. The maximum absolute atomic E-state index is 4.16. The highest BCUT2D eigenvalue weighted by Gasteiger charge is 2.09. The second-order valence-corrected chi connectivity index (χ2v) is 5.57. The van der Waals surface area contributed by atoms with Gasteiger partial charge >= 0.3 is 0 Å². The van der Waals surface area contributed by atoms with Crippen molar-refractivity contribution in [1.82, 2.24) is 9.78 Å². The SMILES string of the molecule is CC(Nc1cnn(C)c1)c1cc2ccccc2s1. The van der Waals surface area contributed by atoms with E-state index >= 15 is 0 Å². The van der Waals surface area contributed by atoms with Crippen LogP contribution in [0.4, 0.5) is 5.69 Å². The summed E-state index contributed by atoms with van der Waals surface area (Å²) in [7, 11) is 1.93. The van der Waals surface area contributed by atoms with Crippen LogP contribution in [-0.2, 0) is 7.05 Å². The first kappa shape index (κ1) is 11.3. The van der Waals surface area contributed by atoms with E-state index < -0.39 is 0 Å². The smallest absolute Gasteiger partial charge is 0.0731 e. The Balaban J connectivity index is 1.85. The third-order valence-corrected chi connectivity index (χ3v) is 4.26. The monoisotopic (exact) mass is 257 g/mol. The molecule has 0 radical (unpaired) electrons. The van der Waals surface area contributed by atoms with E-state index in [0.717, 1.165) is 5.69 Å². The van der Waals surface area contributed by atoms with E-state index in [1.165, 1.54) is 15.0 Å². The molecule has 0 bridgehead atoms. The fraction of sp³-hybridized carbons (Fsp3) is 0.214. The molecule has 1 N–H and O–H groups in total. The van der Waals surface area contributed by atoms with E-state index in [-0.39, 0.29) is 0 Å². The summed E-state index contributed by atoms with van der Waals surface area (Å²) in [5.41, 5.74) is 1.06. The molecule has 0 saturated carbocycles. The highest BCUT2D eigenvalue weighted by atomic mass is 32.1. The molecule has 3 nitrogen and oxygen atoms in total. The summed E-state index contributed by atoms with van der Waals surface area (Å²) in [5.74, 6) is 0. The Labute approximate surface area is 110 Å². The average molecular weight is 257 g/mol. The molecular weight excluding hydrogens is 242 g/mol. The molecule has 4 heteroatoms. The Morgan fingerprint density at radius 2 is 2.17 bits per heavy atom. The van der Waals surface area contributed by atoms with Gasteiger partial charge in [0.05, 0.1) is 17.9 Å². The predicted molar refractivity (Wildman–Crippen MR) is 77.1 cm³/mol. The van der Waals surface area contributed by atoms with Crippen molar-refractivity contribution in [3.8, 4) is 0 Å². The van der Waals surface area contributed by atoms with Gasteiger partial charge in [0.2, 0.25) is 0 Å². The number of benzene rings is 1. The van der Waals surface area contributed by atoms with Crippen molar-refractivity contribution in [2.24, 2.45) is 7.05 Å². The largest absolute Gasteiger partial charge is 0.375 e. The van der Waals surface area contributed by atoms with Gasteiger partial charge in [-0.1, -0.05) is 18.2 Å². The summed E-state index contributed by atoms with van der Waals surface area (Å²) in [5, 5.41) is 8.95. The third kappa shape index (κ3) is 2.11. The van der Waals surface area contributed by atoms with Gasteiger partial charge in [-0.2, -0.15) is 5.10 Å². The van der Waals surface area contributed by atoms with Crippen LogP contribution in [0.2, 0.25) is 0 Å². The number of rotatable bonds is 3. The maximum atomic E-state index is 4.16. The molecule has 2 heterocycles. The summed E-state index contributed by atoms with van der Waals surface area (Å²) in [6, 6.07) is 11.0. The van der Waals surface area contributed by atoms with Crippen molar-refractivity contribution >= 4 is 27.1 Å². The minimum absolute atomic E-state index is 0.298. The molecule has 18 heavy (non-hydrogen) atoms. The topological polar surface area (TPSA) is 29.9 Å². The Hall–Kier alpha value is -1.81. The summed E-state index contributed by atoms with van der Waals surface area (Å²) in [4.78, 5) is 1.35. The Kier molecular flexibility index (Phi) is 2.80. The van der Waals surface area contributed by atoms with Gasteiger partial charge in [-0.15, -0.1) is 11.3 Å². The molecule has 3 rings (SSSR count). The summed E-state index contributed by atoms with van der Waals surface area (Å²) in [6.07, 6.45) is 3.84.